The van der Waals surface area contributed by atoms with Gasteiger partial charge in [0, 0.05) is 49.2 Å². The number of hydrogen-bond acceptors (Lipinski definition) is 3. The van der Waals surface area contributed by atoms with Gasteiger partial charge in [-0.15, -0.1) is 0 Å². The highest BCUT2D eigenvalue weighted by atomic mass is 15.1. The molecule has 0 atom stereocenters. The molecule has 11 rings (SSSR count). The zero-order valence-corrected chi connectivity index (χ0v) is 33.7. The predicted molar refractivity (Wildman–Crippen MR) is 249 cm³/mol. The van der Waals surface area contributed by atoms with Crippen LogP contribution in [-0.4, -0.2) is 24.1 Å². The topological polar surface area (TPSA) is 48.5 Å². The van der Waals surface area contributed by atoms with Crippen molar-refractivity contribution in [1.82, 2.24) is 24.1 Å². The van der Waals surface area contributed by atoms with Gasteiger partial charge in [-0.2, -0.15) is 0 Å². The van der Waals surface area contributed by atoms with Gasteiger partial charge in [-0.1, -0.05) is 178 Å². The lowest BCUT2D eigenvalue weighted by molar-refractivity contribution is 0.543. The summed E-state index contributed by atoms with van der Waals surface area (Å²) >= 11 is 0. The average molecular weight is 772 g/mol. The van der Waals surface area contributed by atoms with E-state index in [-0.39, 0.29) is 5.41 Å². The fraction of sp³-hybridized carbons (Fsp3) is 0.0727. The van der Waals surface area contributed by atoms with Crippen LogP contribution < -0.4 is 0 Å². The van der Waals surface area contributed by atoms with Crippen molar-refractivity contribution >= 4 is 43.6 Å². The van der Waals surface area contributed by atoms with Gasteiger partial charge in [0.15, 0.2) is 11.6 Å². The van der Waals surface area contributed by atoms with Gasteiger partial charge in [0.05, 0.1) is 33.4 Å². The Hall–Kier alpha value is -7.63. The molecule has 11 aromatic rings. The quantitative estimate of drug-likeness (QED) is 0.169. The van der Waals surface area contributed by atoms with E-state index in [2.05, 4.69) is 224 Å². The van der Waals surface area contributed by atoms with Gasteiger partial charge in [0.1, 0.15) is 5.82 Å². The third kappa shape index (κ3) is 5.73. The standard InChI is InChI=1S/C55H41N5/c1-55(2,3)54-57-52(44-26-12-16-34-48(44)59-46-32-14-10-24-40(46)42-30-18-28-38(50(42)59)36-20-6-4-7-21-36)56-53(58-54)45-27-13-17-35-49(45)60-47-33-15-11-25-41(47)43-31-19-29-39(51(43)60)37-22-8-5-9-23-37/h4-35H,1-3H3. The molecule has 0 saturated carbocycles. The van der Waals surface area contributed by atoms with Crippen molar-refractivity contribution in [2.75, 3.05) is 0 Å². The Labute approximate surface area is 348 Å². The zero-order valence-electron chi connectivity index (χ0n) is 33.7. The third-order valence-electron chi connectivity index (χ3n) is 11.6. The number of benzene rings is 8. The molecule has 0 spiro atoms. The van der Waals surface area contributed by atoms with Gasteiger partial charge in [-0.3, -0.25) is 0 Å². The largest absolute Gasteiger partial charge is 0.308 e. The Morgan fingerprint density at radius 1 is 0.333 bits per heavy atom. The van der Waals surface area contributed by atoms with Gasteiger partial charge < -0.3 is 9.13 Å². The van der Waals surface area contributed by atoms with Gasteiger partial charge in [-0.25, -0.2) is 15.0 Å². The number of nitrogens with zero attached hydrogens (tertiary/aromatic N) is 5. The van der Waals surface area contributed by atoms with Crippen LogP contribution in [0.3, 0.4) is 0 Å². The van der Waals surface area contributed by atoms with Gasteiger partial charge in [-0.05, 0) is 47.5 Å². The lowest BCUT2D eigenvalue weighted by Crippen LogP contribution is -2.18. The third-order valence-corrected chi connectivity index (χ3v) is 11.6. The Kier molecular flexibility index (Phi) is 8.31. The second kappa shape index (κ2) is 14.0. The number of fused-ring (bicyclic) bond motifs is 6. The van der Waals surface area contributed by atoms with E-state index >= 15 is 0 Å². The summed E-state index contributed by atoms with van der Waals surface area (Å²) in [5.74, 6) is 1.99. The number of aromatic nitrogens is 5. The van der Waals surface area contributed by atoms with Crippen LogP contribution >= 0.6 is 0 Å². The summed E-state index contributed by atoms with van der Waals surface area (Å²) in [4.78, 5) is 16.1. The molecule has 0 aliphatic heterocycles. The first kappa shape index (κ1) is 35.5. The molecule has 0 N–H and O–H groups in total. The van der Waals surface area contributed by atoms with Crippen LogP contribution in [0.15, 0.2) is 194 Å². The first-order valence-corrected chi connectivity index (χ1v) is 20.6. The molecule has 286 valence electrons. The summed E-state index contributed by atoms with van der Waals surface area (Å²) in [6.07, 6.45) is 0. The van der Waals surface area contributed by atoms with Crippen LogP contribution in [0.1, 0.15) is 26.6 Å². The lowest BCUT2D eigenvalue weighted by atomic mass is 9.95. The second-order valence-electron chi connectivity index (χ2n) is 16.4. The summed E-state index contributed by atoms with van der Waals surface area (Å²) < 4.78 is 4.80. The number of hydrogen-bond donors (Lipinski definition) is 0. The van der Waals surface area contributed by atoms with Gasteiger partial charge in [0.25, 0.3) is 0 Å². The summed E-state index contributed by atoms with van der Waals surface area (Å²) in [5, 5.41) is 4.79. The Morgan fingerprint density at radius 2 is 0.700 bits per heavy atom. The predicted octanol–water partition coefficient (Wildman–Crippen LogP) is 14.0. The minimum atomic E-state index is -0.364. The zero-order chi connectivity index (χ0) is 40.4. The molecule has 5 nitrogen and oxygen atoms in total. The average Bonchev–Trinajstić information content (AvgIpc) is 3.82. The molecule has 3 heterocycles. The molecule has 0 bridgehead atoms. The number of para-hydroxylation sites is 6. The number of rotatable bonds is 6. The Balaban J connectivity index is 1.18. The fourth-order valence-corrected chi connectivity index (χ4v) is 8.91. The monoisotopic (exact) mass is 771 g/mol. The van der Waals surface area contributed by atoms with Crippen molar-refractivity contribution in [3.63, 3.8) is 0 Å². The van der Waals surface area contributed by atoms with Crippen molar-refractivity contribution in [3.8, 4) is 56.4 Å². The molecule has 0 radical (unpaired) electrons. The molecule has 0 aliphatic carbocycles. The molecule has 0 unspecified atom stereocenters. The summed E-state index contributed by atoms with van der Waals surface area (Å²) in [5.41, 5.74) is 12.7. The van der Waals surface area contributed by atoms with Crippen LogP contribution in [0.2, 0.25) is 0 Å². The van der Waals surface area contributed by atoms with Gasteiger partial charge in [0.2, 0.25) is 0 Å². The summed E-state index contributed by atoms with van der Waals surface area (Å²) in [6.45, 7) is 6.52. The summed E-state index contributed by atoms with van der Waals surface area (Å²) in [6, 6.07) is 69.0. The van der Waals surface area contributed by atoms with Crippen molar-refractivity contribution < 1.29 is 0 Å². The Bertz CT molecular complexity index is 3190. The first-order chi connectivity index (χ1) is 29.4. The highest BCUT2D eigenvalue weighted by Crippen LogP contribution is 2.42. The fourth-order valence-electron chi connectivity index (χ4n) is 8.91. The molecular weight excluding hydrogens is 731 g/mol. The van der Waals surface area contributed by atoms with Crippen LogP contribution in [0, 0.1) is 0 Å². The maximum Gasteiger partial charge on any atom is 0.165 e. The van der Waals surface area contributed by atoms with Crippen molar-refractivity contribution in [2.24, 2.45) is 0 Å². The molecule has 5 heteroatoms. The molecule has 8 aromatic carbocycles. The van der Waals surface area contributed by atoms with E-state index in [0.717, 1.165) is 50.4 Å². The van der Waals surface area contributed by atoms with Crippen LogP contribution in [-0.2, 0) is 5.41 Å². The first-order valence-electron chi connectivity index (χ1n) is 20.6. The molecule has 0 saturated heterocycles. The molecule has 0 fully saturated rings. The molecule has 3 aromatic heterocycles. The molecular formula is C55H41N5. The summed E-state index contributed by atoms with van der Waals surface area (Å²) in [7, 11) is 0. The van der Waals surface area contributed by atoms with E-state index in [1.54, 1.807) is 0 Å². The van der Waals surface area contributed by atoms with Gasteiger partial charge >= 0.3 is 0 Å². The minimum Gasteiger partial charge on any atom is -0.308 e. The van der Waals surface area contributed by atoms with Crippen LogP contribution in [0.5, 0.6) is 0 Å². The van der Waals surface area contributed by atoms with E-state index in [1.165, 1.54) is 43.8 Å². The smallest absolute Gasteiger partial charge is 0.165 e. The van der Waals surface area contributed by atoms with Crippen molar-refractivity contribution in [2.45, 2.75) is 26.2 Å². The highest BCUT2D eigenvalue weighted by Gasteiger charge is 2.26. The van der Waals surface area contributed by atoms with Crippen molar-refractivity contribution in [1.29, 1.82) is 0 Å². The Morgan fingerprint density at radius 3 is 1.15 bits per heavy atom. The van der Waals surface area contributed by atoms with Crippen molar-refractivity contribution in [3.05, 3.63) is 200 Å². The molecule has 60 heavy (non-hydrogen) atoms. The second-order valence-corrected chi connectivity index (χ2v) is 16.4. The van der Waals surface area contributed by atoms with E-state index in [4.69, 9.17) is 15.0 Å². The maximum absolute atomic E-state index is 5.46. The van der Waals surface area contributed by atoms with E-state index in [9.17, 15) is 0 Å². The molecule has 0 amide bonds. The van der Waals surface area contributed by atoms with E-state index < -0.39 is 0 Å². The van der Waals surface area contributed by atoms with Crippen LogP contribution in [0.25, 0.3) is 100 Å². The minimum absolute atomic E-state index is 0.364. The van der Waals surface area contributed by atoms with E-state index in [0.29, 0.717) is 11.6 Å². The maximum atomic E-state index is 5.46. The SMILES string of the molecule is CC(C)(C)c1nc(-c2ccccc2-n2c3ccccc3c3cccc(-c4ccccc4)c32)nc(-c2ccccc2-n2c3ccccc3c3cccc(-c4ccccc4)c32)n1. The molecule has 0 aliphatic rings. The highest BCUT2D eigenvalue weighted by molar-refractivity contribution is 6.15. The normalized spacial score (nSPS) is 11.9. The van der Waals surface area contributed by atoms with Crippen LogP contribution in [0.4, 0.5) is 0 Å². The van der Waals surface area contributed by atoms with E-state index in [1.807, 2.05) is 0 Å². The lowest BCUT2D eigenvalue weighted by Gasteiger charge is -2.21.